The molecule has 8 heteroatoms. The summed E-state index contributed by atoms with van der Waals surface area (Å²) in [5.74, 6) is 2.53. The first-order valence-electron chi connectivity index (χ1n) is 9.18. The molecule has 2 aromatic rings. The van der Waals surface area contributed by atoms with E-state index >= 15 is 0 Å². The molecule has 0 radical (unpaired) electrons. The van der Waals surface area contributed by atoms with E-state index in [2.05, 4.69) is 37.9 Å². The van der Waals surface area contributed by atoms with Crippen LogP contribution >= 0.6 is 0 Å². The summed E-state index contributed by atoms with van der Waals surface area (Å²) in [5, 5.41) is 10.4. The van der Waals surface area contributed by atoms with Crippen molar-refractivity contribution in [3.8, 4) is 5.75 Å². The maximum absolute atomic E-state index is 5.71. The Labute approximate surface area is 160 Å². The van der Waals surface area contributed by atoms with Gasteiger partial charge in [-0.1, -0.05) is 17.3 Å². The molecule has 1 heterocycles. The number of benzene rings is 1. The average molecular weight is 375 g/mol. The van der Waals surface area contributed by atoms with Gasteiger partial charge in [0.25, 0.3) is 0 Å². The Kier molecular flexibility index (Phi) is 8.06. The molecule has 0 aliphatic heterocycles. The highest BCUT2D eigenvalue weighted by atomic mass is 16.5. The topological polar surface area (TPSA) is 93.8 Å². The lowest BCUT2D eigenvalue weighted by atomic mass is 10.1. The van der Waals surface area contributed by atoms with Gasteiger partial charge in [0, 0.05) is 25.8 Å². The molecule has 27 heavy (non-hydrogen) atoms. The molecule has 1 unspecified atom stereocenters. The highest BCUT2D eigenvalue weighted by molar-refractivity contribution is 5.79. The number of rotatable bonds is 9. The SMILES string of the molecule is CCOc1cc(C)ccc1CNC(=NC)NCc1nc(C(C)OCC)no1. The highest BCUT2D eigenvalue weighted by Gasteiger charge is 2.14. The van der Waals surface area contributed by atoms with Crippen molar-refractivity contribution in [2.45, 2.75) is 46.9 Å². The molecule has 1 aromatic heterocycles. The maximum atomic E-state index is 5.71. The summed E-state index contributed by atoms with van der Waals surface area (Å²) in [6.45, 7) is 10.0. The van der Waals surface area contributed by atoms with Gasteiger partial charge in [-0.05, 0) is 39.3 Å². The lowest BCUT2D eigenvalue weighted by molar-refractivity contribution is 0.0683. The predicted molar refractivity (Wildman–Crippen MR) is 104 cm³/mol. The van der Waals surface area contributed by atoms with E-state index < -0.39 is 0 Å². The quantitative estimate of drug-likeness (QED) is 0.514. The molecule has 2 N–H and O–H groups in total. The highest BCUT2D eigenvalue weighted by Crippen LogP contribution is 2.20. The summed E-state index contributed by atoms with van der Waals surface area (Å²) in [5.41, 5.74) is 2.23. The van der Waals surface area contributed by atoms with Gasteiger partial charge in [-0.3, -0.25) is 4.99 Å². The molecule has 0 bridgehead atoms. The maximum Gasteiger partial charge on any atom is 0.246 e. The zero-order valence-corrected chi connectivity index (χ0v) is 16.7. The molecule has 0 fully saturated rings. The molecule has 1 atom stereocenters. The van der Waals surface area contributed by atoms with Gasteiger partial charge >= 0.3 is 0 Å². The Morgan fingerprint density at radius 2 is 2.00 bits per heavy atom. The van der Waals surface area contributed by atoms with Crippen LogP contribution in [0.5, 0.6) is 5.75 Å². The summed E-state index contributed by atoms with van der Waals surface area (Å²) in [6, 6.07) is 6.16. The van der Waals surface area contributed by atoms with E-state index in [9.17, 15) is 0 Å². The molecule has 0 spiro atoms. The molecule has 8 nitrogen and oxygen atoms in total. The molecule has 0 saturated carbocycles. The first-order chi connectivity index (χ1) is 13.1. The van der Waals surface area contributed by atoms with Gasteiger partial charge in [0.1, 0.15) is 11.9 Å². The Balaban J connectivity index is 1.90. The molecular weight excluding hydrogens is 346 g/mol. The largest absolute Gasteiger partial charge is 0.494 e. The van der Waals surface area contributed by atoms with Crippen molar-refractivity contribution in [3.05, 3.63) is 41.0 Å². The van der Waals surface area contributed by atoms with Gasteiger partial charge in [-0.25, -0.2) is 0 Å². The number of nitrogens with zero attached hydrogens (tertiary/aromatic N) is 3. The normalized spacial score (nSPS) is 12.7. The van der Waals surface area contributed by atoms with Gasteiger partial charge in [-0.15, -0.1) is 0 Å². The standard InChI is InChI=1S/C19H29N5O3/c1-6-25-14(4)18-23-17(27-24-18)12-22-19(20-5)21-11-15-9-8-13(3)10-16(15)26-7-2/h8-10,14H,6-7,11-12H2,1-5H3,(H2,20,21,22). The van der Waals surface area contributed by atoms with E-state index in [0.717, 1.165) is 16.9 Å². The molecule has 0 aliphatic carbocycles. The van der Waals surface area contributed by atoms with Crippen molar-refractivity contribution >= 4 is 5.96 Å². The minimum atomic E-state index is -0.191. The number of aryl methyl sites for hydroxylation is 1. The van der Waals surface area contributed by atoms with Crippen LogP contribution in [0.3, 0.4) is 0 Å². The lowest BCUT2D eigenvalue weighted by Gasteiger charge is -2.14. The molecule has 0 aliphatic rings. The summed E-state index contributed by atoms with van der Waals surface area (Å²) < 4.78 is 16.4. The van der Waals surface area contributed by atoms with Gasteiger partial charge in [0.05, 0.1) is 13.2 Å². The Morgan fingerprint density at radius 1 is 1.22 bits per heavy atom. The van der Waals surface area contributed by atoms with Crippen LogP contribution in [-0.4, -0.2) is 36.4 Å². The third-order valence-electron chi connectivity index (χ3n) is 3.86. The van der Waals surface area contributed by atoms with Crippen LogP contribution in [0.15, 0.2) is 27.7 Å². The van der Waals surface area contributed by atoms with Gasteiger partial charge in [-0.2, -0.15) is 4.98 Å². The number of nitrogens with one attached hydrogen (secondary N) is 2. The first kappa shape index (κ1) is 20.7. The second-order valence-corrected chi connectivity index (χ2v) is 5.97. The van der Waals surface area contributed by atoms with E-state index in [1.54, 1.807) is 7.05 Å². The third kappa shape index (κ3) is 6.25. The zero-order chi connectivity index (χ0) is 19.6. The smallest absolute Gasteiger partial charge is 0.246 e. The van der Waals surface area contributed by atoms with E-state index in [0.29, 0.717) is 44.0 Å². The Hall–Kier alpha value is -2.61. The fourth-order valence-electron chi connectivity index (χ4n) is 2.49. The van der Waals surface area contributed by atoms with Gasteiger partial charge in [0.2, 0.25) is 5.89 Å². The second kappa shape index (κ2) is 10.5. The van der Waals surface area contributed by atoms with Crippen LogP contribution in [0.1, 0.15) is 49.7 Å². The summed E-state index contributed by atoms with van der Waals surface area (Å²) in [7, 11) is 1.71. The van der Waals surface area contributed by atoms with Crippen LogP contribution in [0.25, 0.3) is 0 Å². The number of guanidine groups is 1. The number of aliphatic imine (C=N–C) groups is 1. The van der Waals surface area contributed by atoms with Crippen molar-refractivity contribution in [1.29, 1.82) is 0 Å². The minimum Gasteiger partial charge on any atom is -0.494 e. The number of hydrogen-bond donors (Lipinski definition) is 2. The summed E-state index contributed by atoms with van der Waals surface area (Å²) >= 11 is 0. The minimum absolute atomic E-state index is 0.191. The predicted octanol–water partition coefficient (Wildman–Crippen LogP) is 2.74. The fourth-order valence-corrected chi connectivity index (χ4v) is 2.49. The fraction of sp³-hybridized carbons (Fsp3) is 0.526. The Morgan fingerprint density at radius 3 is 2.70 bits per heavy atom. The van der Waals surface area contributed by atoms with Crippen molar-refractivity contribution < 1.29 is 14.0 Å². The number of ether oxygens (including phenoxy) is 2. The van der Waals surface area contributed by atoms with Crippen molar-refractivity contribution in [2.75, 3.05) is 20.3 Å². The van der Waals surface area contributed by atoms with Crippen LogP contribution in [0.2, 0.25) is 0 Å². The lowest BCUT2D eigenvalue weighted by Crippen LogP contribution is -2.36. The second-order valence-electron chi connectivity index (χ2n) is 5.97. The molecule has 2 rings (SSSR count). The molecule has 0 amide bonds. The monoisotopic (exact) mass is 375 g/mol. The van der Waals surface area contributed by atoms with Crippen LogP contribution in [0.4, 0.5) is 0 Å². The molecular formula is C19H29N5O3. The van der Waals surface area contributed by atoms with E-state index in [1.807, 2.05) is 33.8 Å². The zero-order valence-electron chi connectivity index (χ0n) is 16.7. The number of hydrogen-bond acceptors (Lipinski definition) is 6. The summed E-state index contributed by atoms with van der Waals surface area (Å²) in [4.78, 5) is 8.56. The molecule has 0 saturated heterocycles. The van der Waals surface area contributed by atoms with Gasteiger partial charge < -0.3 is 24.6 Å². The van der Waals surface area contributed by atoms with Crippen LogP contribution in [0, 0.1) is 6.92 Å². The number of aromatic nitrogens is 2. The van der Waals surface area contributed by atoms with Gasteiger partial charge in [0.15, 0.2) is 11.8 Å². The third-order valence-corrected chi connectivity index (χ3v) is 3.86. The first-order valence-corrected chi connectivity index (χ1v) is 9.18. The van der Waals surface area contributed by atoms with E-state index in [1.165, 1.54) is 0 Å². The van der Waals surface area contributed by atoms with Crippen molar-refractivity contribution in [2.24, 2.45) is 4.99 Å². The Bertz CT molecular complexity index is 745. The van der Waals surface area contributed by atoms with Crippen LogP contribution < -0.4 is 15.4 Å². The van der Waals surface area contributed by atoms with Crippen molar-refractivity contribution in [1.82, 2.24) is 20.8 Å². The molecule has 1 aromatic carbocycles. The average Bonchev–Trinajstić information content (AvgIpc) is 3.13. The molecule has 148 valence electrons. The summed E-state index contributed by atoms with van der Waals surface area (Å²) in [6.07, 6.45) is -0.191. The van der Waals surface area contributed by atoms with Crippen LogP contribution in [-0.2, 0) is 17.8 Å². The van der Waals surface area contributed by atoms with E-state index in [4.69, 9.17) is 14.0 Å². The van der Waals surface area contributed by atoms with E-state index in [-0.39, 0.29) is 6.10 Å². The van der Waals surface area contributed by atoms with Crippen molar-refractivity contribution in [3.63, 3.8) is 0 Å².